The first kappa shape index (κ1) is 26.8. The van der Waals surface area contributed by atoms with Crippen LogP contribution in [0.4, 0.5) is 19.0 Å². The van der Waals surface area contributed by atoms with Crippen LogP contribution in [-0.2, 0) is 31.1 Å². The van der Waals surface area contributed by atoms with Crippen molar-refractivity contribution in [3.05, 3.63) is 74.9 Å². The van der Waals surface area contributed by atoms with Crippen molar-refractivity contribution < 1.29 is 17.9 Å². The highest BCUT2D eigenvalue weighted by molar-refractivity contribution is 6.34. The number of hydrogen-bond acceptors (Lipinski definition) is 4. The summed E-state index contributed by atoms with van der Waals surface area (Å²) in [5.74, 6) is 0.791. The summed E-state index contributed by atoms with van der Waals surface area (Å²) in [5, 5.41) is 9.54. The molecule has 1 heterocycles. The lowest BCUT2D eigenvalue weighted by Crippen LogP contribution is -2.26. The molecule has 10 heteroatoms. The minimum atomic E-state index is -4.46. The maximum Gasteiger partial charge on any atom is 0.416 e. The molecule has 4 rings (SSSR count). The van der Waals surface area contributed by atoms with Crippen LogP contribution in [0.5, 0.6) is 0 Å². The van der Waals surface area contributed by atoms with Gasteiger partial charge in [0.15, 0.2) is 5.82 Å². The van der Waals surface area contributed by atoms with E-state index in [4.69, 9.17) is 27.9 Å². The largest absolute Gasteiger partial charge is 0.416 e. The molecule has 5 nitrogen and oxygen atoms in total. The molecule has 194 valence electrons. The van der Waals surface area contributed by atoms with Crippen molar-refractivity contribution in [2.24, 2.45) is 13.0 Å². The Bertz CT molecular complexity index is 1160. The molecule has 0 N–H and O–H groups in total. The highest BCUT2D eigenvalue weighted by Crippen LogP contribution is 2.40. The van der Waals surface area contributed by atoms with Crippen molar-refractivity contribution in [2.75, 3.05) is 12.0 Å². The fraction of sp³-hybridized carbons (Fsp3) is 0.462. The average molecular weight is 541 g/mol. The number of hydrogen-bond donors (Lipinski definition) is 0. The fourth-order valence-corrected chi connectivity index (χ4v) is 5.60. The van der Waals surface area contributed by atoms with Gasteiger partial charge in [0.25, 0.3) is 0 Å². The zero-order valence-electron chi connectivity index (χ0n) is 20.2. The van der Waals surface area contributed by atoms with E-state index < -0.39 is 11.7 Å². The van der Waals surface area contributed by atoms with Crippen LogP contribution in [0.3, 0.4) is 0 Å². The Kier molecular flexibility index (Phi) is 8.48. The standard InChI is InChI=1S/C26H29Cl2F3N4O/c1-34-32-14-24(33-34)35(15-17-10-21(27)13-22(28)11-17)16-19-12-20(26(29,30)31)8-9-23(19)25(36-2)18-6-4-3-5-7-18/h8-14,18,25H,3-7,15-16H2,1-2H3. The minimum absolute atomic E-state index is 0.175. The zero-order valence-corrected chi connectivity index (χ0v) is 21.7. The van der Waals surface area contributed by atoms with Gasteiger partial charge in [0.05, 0.1) is 17.9 Å². The second-order valence-corrected chi connectivity index (χ2v) is 10.2. The lowest BCUT2D eigenvalue weighted by atomic mass is 9.81. The molecule has 1 unspecified atom stereocenters. The summed E-state index contributed by atoms with van der Waals surface area (Å²) in [6, 6.07) is 9.16. The average Bonchev–Trinajstić information content (AvgIpc) is 3.25. The number of anilines is 1. The van der Waals surface area contributed by atoms with Gasteiger partial charge in [-0.2, -0.15) is 23.1 Å². The lowest BCUT2D eigenvalue weighted by Gasteiger charge is -2.32. The maximum atomic E-state index is 13.7. The number of methoxy groups -OCH3 is 1. The third-order valence-electron chi connectivity index (χ3n) is 6.68. The van der Waals surface area contributed by atoms with Gasteiger partial charge >= 0.3 is 6.18 Å². The predicted molar refractivity (Wildman–Crippen MR) is 135 cm³/mol. The van der Waals surface area contributed by atoms with Crippen LogP contribution in [0.2, 0.25) is 10.0 Å². The van der Waals surface area contributed by atoms with Crippen molar-refractivity contribution >= 4 is 29.0 Å². The molecule has 0 spiro atoms. The van der Waals surface area contributed by atoms with E-state index >= 15 is 0 Å². The molecule has 1 aliphatic carbocycles. The Morgan fingerprint density at radius 1 is 1.06 bits per heavy atom. The van der Waals surface area contributed by atoms with Crippen molar-refractivity contribution in [2.45, 2.75) is 57.5 Å². The van der Waals surface area contributed by atoms with Gasteiger partial charge in [-0.15, -0.1) is 5.10 Å². The Morgan fingerprint density at radius 3 is 2.33 bits per heavy atom. The summed E-state index contributed by atoms with van der Waals surface area (Å²) in [7, 11) is 3.33. The summed E-state index contributed by atoms with van der Waals surface area (Å²) < 4.78 is 47.1. The van der Waals surface area contributed by atoms with E-state index in [2.05, 4.69) is 10.2 Å². The molecule has 2 aromatic carbocycles. The van der Waals surface area contributed by atoms with Crippen LogP contribution in [0.1, 0.15) is 60.5 Å². The van der Waals surface area contributed by atoms with Crippen molar-refractivity contribution in [1.82, 2.24) is 15.0 Å². The quantitative estimate of drug-likeness (QED) is 0.294. The van der Waals surface area contributed by atoms with Gasteiger partial charge in [-0.25, -0.2) is 0 Å². The molecular weight excluding hydrogens is 512 g/mol. The molecule has 0 aliphatic heterocycles. The smallest absolute Gasteiger partial charge is 0.376 e. The lowest BCUT2D eigenvalue weighted by molar-refractivity contribution is -0.137. The molecule has 0 radical (unpaired) electrons. The Hall–Kier alpha value is -2.29. The van der Waals surface area contributed by atoms with E-state index in [1.54, 1.807) is 44.6 Å². The SMILES string of the molecule is COC(c1ccc(C(F)(F)F)cc1CN(Cc1cc(Cl)cc(Cl)c1)c1cnn(C)n1)C1CCCCC1. The number of ether oxygens (including phenoxy) is 1. The van der Waals surface area contributed by atoms with E-state index in [-0.39, 0.29) is 18.6 Å². The van der Waals surface area contributed by atoms with Crippen LogP contribution in [0.15, 0.2) is 42.6 Å². The summed E-state index contributed by atoms with van der Waals surface area (Å²) in [5.41, 5.74) is 1.43. The van der Waals surface area contributed by atoms with Gasteiger partial charge in [-0.05, 0) is 65.8 Å². The highest BCUT2D eigenvalue weighted by Gasteiger charge is 2.33. The van der Waals surface area contributed by atoms with Crippen LogP contribution >= 0.6 is 23.2 Å². The van der Waals surface area contributed by atoms with Crippen molar-refractivity contribution in [3.8, 4) is 0 Å². The van der Waals surface area contributed by atoms with Gasteiger partial charge < -0.3 is 9.64 Å². The van der Waals surface area contributed by atoms with Gasteiger partial charge in [0.1, 0.15) is 0 Å². The monoisotopic (exact) mass is 540 g/mol. The highest BCUT2D eigenvalue weighted by atomic mass is 35.5. The number of alkyl halides is 3. The third kappa shape index (κ3) is 6.52. The molecule has 3 aromatic rings. The number of rotatable bonds is 8. The Balaban J connectivity index is 1.75. The Morgan fingerprint density at radius 2 is 1.75 bits per heavy atom. The predicted octanol–water partition coefficient (Wildman–Crippen LogP) is 7.62. The summed E-state index contributed by atoms with van der Waals surface area (Å²) >= 11 is 12.4. The summed E-state index contributed by atoms with van der Waals surface area (Å²) in [6.45, 7) is 0.504. The van der Waals surface area contributed by atoms with E-state index in [1.807, 2.05) is 4.90 Å². The van der Waals surface area contributed by atoms with Crippen molar-refractivity contribution in [3.63, 3.8) is 0 Å². The molecule has 0 saturated heterocycles. The summed E-state index contributed by atoms with van der Waals surface area (Å²) in [6.07, 6.45) is 2.21. The van der Waals surface area contributed by atoms with E-state index in [0.29, 0.717) is 28.0 Å². The third-order valence-corrected chi connectivity index (χ3v) is 7.11. The van der Waals surface area contributed by atoms with E-state index in [9.17, 15) is 13.2 Å². The van der Waals surface area contributed by atoms with Gasteiger partial charge in [0.2, 0.25) is 0 Å². The van der Waals surface area contributed by atoms with Crippen LogP contribution in [-0.4, -0.2) is 22.1 Å². The molecule has 0 amide bonds. The van der Waals surface area contributed by atoms with E-state index in [0.717, 1.165) is 42.9 Å². The molecule has 1 fully saturated rings. The van der Waals surface area contributed by atoms with Gasteiger partial charge in [-0.1, -0.05) is 48.5 Å². The normalized spacial score (nSPS) is 15.8. The Labute approximate surface area is 219 Å². The second kappa shape index (κ2) is 11.4. The molecule has 1 aromatic heterocycles. The summed E-state index contributed by atoms with van der Waals surface area (Å²) in [4.78, 5) is 3.29. The number of halogens is 5. The first-order valence-electron chi connectivity index (χ1n) is 11.9. The zero-order chi connectivity index (χ0) is 25.9. The van der Waals surface area contributed by atoms with Crippen LogP contribution < -0.4 is 4.90 Å². The number of nitrogens with zero attached hydrogens (tertiary/aromatic N) is 4. The second-order valence-electron chi connectivity index (χ2n) is 9.29. The first-order chi connectivity index (χ1) is 17.1. The number of aromatic nitrogens is 3. The van der Waals surface area contributed by atoms with Gasteiger partial charge in [0, 0.05) is 37.3 Å². The molecule has 1 saturated carbocycles. The minimum Gasteiger partial charge on any atom is -0.376 e. The van der Waals surface area contributed by atoms with E-state index in [1.165, 1.54) is 17.3 Å². The number of aryl methyl sites for hydroxylation is 1. The maximum absolute atomic E-state index is 13.7. The molecule has 1 atom stereocenters. The topological polar surface area (TPSA) is 43.2 Å². The number of benzene rings is 2. The molecular formula is C26H29Cl2F3N4O. The first-order valence-corrected chi connectivity index (χ1v) is 12.7. The van der Waals surface area contributed by atoms with Gasteiger partial charge in [-0.3, -0.25) is 0 Å². The van der Waals surface area contributed by atoms with Crippen LogP contribution in [0.25, 0.3) is 0 Å². The fourth-order valence-electron chi connectivity index (χ4n) is 5.03. The molecule has 1 aliphatic rings. The molecule has 0 bridgehead atoms. The van der Waals surface area contributed by atoms with Crippen molar-refractivity contribution in [1.29, 1.82) is 0 Å². The van der Waals surface area contributed by atoms with Crippen LogP contribution in [0, 0.1) is 5.92 Å². The molecule has 36 heavy (non-hydrogen) atoms.